The molecule has 3 unspecified atom stereocenters. The maximum absolute atomic E-state index is 11.8. The van der Waals surface area contributed by atoms with E-state index in [1.807, 2.05) is 126 Å². The van der Waals surface area contributed by atoms with Crippen LogP contribution in [0.15, 0.2) is 111 Å². The Hall–Kier alpha value is -9.28. The van der Waals surface area contributed by atoms with Crippen LogP contribution in [0.5, 0.6) is 17.2 Å². The summed E-state index contributed by atoms with van der Waals surface area (Å²) in [5, 5.41) is 67.2. The van der Waals surface area contributed by atoms with Gasteiger partial charge >= 0.3 is 5.97 Å². The van der Waals surface area contributed by atoms with E-state index < -0.39 is 18.3 Å². The van der Waals surface area contributed by atoms with Gasteiger partial charge in [-0.2, -0.15) is 0 Å². The smallest absolute Gasteiger partial charge is 0.308 e. The molecule has 0 amide bonds. The third-order valence-corrected chi connectivity index (χ3v) is 17.8. The molecule has 8 aromatic rings. The number of esters is 1. The number of methoxy groups -OCH3 is 1. The maximum Gasteiger partial charge on any atom is 0.308 e. The van der Waals surface area contributed by atoms with Gasteiger partial charge in [-0.15, -0.1) is 0 Å². The van der Waals surface area contributed by atoms with Gasteiger partial charge < -0.3 is 80.3 Å². The van der Waals surface area contributed by atoms with Crippen LogP contribution < -0.4 is 46.1 Å². The fraction of sp³-hybridized carbons (Fsp3) is 0.459. The Morgan fingerprint density at radius 2 is 0.950 bits per heavy atom. The molecule has 5 atom stereocenters. The topological polar surface area (TPSA) is 349 Å². The van der Waals surface area contributed by atoms with Crippen molar-refractivity contribution in [2.45, 2.75) is 136 Å². The van der Waals surface area contributed by atoms with E-state index >= 15 is 0 Å². The minimum Gasteiger partial charge on any atom is -0.491 e. The van der Waals surface area contributed by atoms with Crippen molar-refractivity contribution in [3.63, 3.8) is 0 Å². The van der Waals surface area contributed by atoms with Crippen LogP contribution in [-0.4, -0.2) is 189 Å². The molecule has 4 aliphatic rings. The highest BCUT2D eigenvalue weighted by Gasteiger charge is 2.36. The monoisotopic (exact) mass is 1370 g/mol. The van der Waals surface area contributed by atoms with Gasteiger partial charge in [-0.05, 0) is 156 Å². The summed E-state index contributed by atoms with van der Waals surface area (Å²) in [4.78, 5) is 45.2. The van der Waals surface area contributed by atoms with Gasteiger partial charge in [0.1, 0.15) is 84.4 Å². The number of carbonyl (C=O) groups excluding carboxylic acids is 1. The molecule has 3 aromatic carbocycles. The molecule has 0 spiro atoms. The summed E-state index contributed by atoms with van der Waals surface area (Å²) < 4.78 is 32.9. The maximum atomic E-state index is 11.8. The van der Waals surface area contributed by atoms with Crippen LogP contribution in [0.4, 0.5) is 17.5 Å². The molecule has 3 aliphatic carbocycles. The zero-order chi connectivity index (χ0) is 71.0. The second kappa shape index (κ2) is 34.7. The Kier molecular flexibility index (Phi) is 25.5. The Balaban J connectivity index is 0.000000162. The number of hydrogen-bond acceptors (Lipinski definition) is 26. The number of anilines is 3. The van der Waals surface area contributed by atoms with Crippen LogP contribution in [0.3, 0.4) is 0 Å². The summed E-state index contributed by atoms with van der Waals surface area (Å²) in [6.07, 6.45) is 4.04. The third kappa shape index (κ3) is 19.6. The summed E-state index contributed by atoms with van der Waals surface area (Å²) in [6.45, 7) is 16.5. The Bertz CT molecular complexity index is 4070. The quantitative estimate of drug-likeness (QED) is 0.0204. The fourth-order valence-corrected chi connectivity index (χ4v) is 12.6. The highest BCUT2D eigenvalue weighted by atomic mass is 16.5. The van der Waals surface area contributed by atoms with Crippen molar-refractivity contribution in [3.05, 3.63) is 125 Å². The predicted molar refractivity (Wildman–Crippen MR) is 384 cm³/mol. The number of rotatable bonds is 28. The van der Waals surface area contributed by atoms with E-state index in [9.17, 15) is 25.2 Å². The van der Waals surface area contributed by atoms with Crippen LogP contribution in [0.1, 0.15) is 94.3 Å². The number of aryl methyl sites for hydroxylation is 4. The van der Waals surface area contributed by atoms with Crippen LogP contribution in [0, 0.1) is 39.5 Å². The van der Waals surface area contributed by atoms with Crippen LogP contribution in [-0.2, 0) is 9.53 Å². The predicted octanol–water partition coefficient (Wildman–Crippen LogP) is 9.00. The van der Waals surface area contributed by atoms with Crippen molar-refractivity contribution in [2.24, 2.45) is 16.8 Å². The molecule has 12 rings (SSSR count). The molecule has 10 N–H and O–H groups in total. The molecule has 3 fully saturated rings. The van der Waals surface area contributed by atoms with Gasteiger partial charge in [0.05, 0.1) is 65.3 Å². The SMILES string of the molecule is CNCC(O)COc1cccc(-c2nc(NC3CC(C(=O)OC)C3)cc(-c3c(C)noc3C)n2)c1.CNCC(O)COc1cccc(-c2nc(NC3CC(C)C3)cc(-c3c(C)noc3C)n2)c1.CNCC(O)COc1cccc(-c2nc(N[C@@H]3CC[C@@H](O)C3)cc(C3=C(C)CN=C3C)n2)c1. The Morgan fingerprint density at radius 3 is 1.31 bits per heavy atom. The minimum absolute atomic E-state index is 0.0899. The van der Waals surface area contributed by atoms with Crippen LogP contribution in [0.2, 0.25) is 0 Å². The van der Waals surface area contributed by atoms with E-state index in [0.29, 0.717) is 97.1 Å². The lowest BCUT2D eigenvalue weighted by Gasteiger charge is -2.34. The second-order valence-corrected chi connectivity index (χ2v) is 26.3. The lowest BCUT2D eigenvalue weighted by atomic mass is 9.80. The molecule has 0 radical (unpaired) electrons. The van der Waals surface area contributed by atoms with E-state index in [0.717, 1.165) is 117 Å². The first kappa shape index (κ1) is 73.4. The van der Waals surface area contributed by atoms with Crippen molar-refractivity contribution < 1.29 is 53.2 Å². The standard InChI is InChI=1S/C25H31N5O5.C25H33N5O3.C24H31N5O3/c1-14-23(15(2)35-30-14)21-11-22(27-18-8-17(9-18)25(32)33-4)29-24(28-21)16-6-5-7-20(10-16)34-13-19(31)12-26-3;1-15-12-27-16(2)24(15)22-11-23(28-18-7-8-19(31)10-18)30-25(29-22)17-5-4-6-21(9-17)33-14-20(32)13-26-3;1-14-8-18(9-14)26-22-11-21(23-15(2)29-32-16(23)3)27-24(28-22)17-6-5-7-20(10-17)31-13-19(30)12-25-4/h5-7,10-11,17-19,26,31H,8-9,12-13H2,1-4H3,(H,27,28,29);4-6,9,11,18-20,26,31-32H,7-8,10,12-14H2,1-3H3,(H,28,29,30);5-7,10-11,14,18-19,25,30H,8-9,12-13H2,1-4H3,(H,26,27,28)/t;18-,19-,20?;/m.1./s1. The zero-order valence-corrected chi connectivity index (χ0v) is 58.9. The zero-order valence-electron chi connectivity index (χ0n) is 58.9. The van der Waals surface area contributed by atoms with Crippen molar-refractivity contribution in [2.75, 3.05) is 90.2 Å². The van der Waals surface area contributed by atoms with Gasteiger partial charge in [-0.3, -0.25) is 9.79 Å². The third-order valence-electron chi connectivity index (χ3n) is 17.8. The first-order valence-electron chi connectivity index (χ1n) is 34.2. The van der Waals surface area contributed by atoms with E-state index in [1.165, 1.54) is 12.7 Å². The molecule has 3 saturated carbocycles. The molecule has 6 heterocycles. The number of nitrogens with one attached hydrogen (secondary N) is 6. The van der Waals surface area contributed by atoms with E-state index in [1.54, 1.807) is 21.1 Å². The number of ether oxygens (including phenoxy) is 4. The molecule has 1 aliphatic heterocycles. The number of aliphatic hydroxyl groups excluding tert-OH is 4. The number of aliphatic hydroxyl groups is 4. The average molecular weight is 1370 g/mol. The van der Waals surface area contributed by atoms with E-state index in [-0.39, 0.29) is 49.9 Å². The summed E-state index contributed by atoms with van der Waals surface area (Å²) >= 11 is 0. The molecule has 5 aromatic heterocycles. The number of carbonyl (C=O) groups is 1. The number of likely N-dealkylation sites (N-methyl/N-ethyl adjacent to an activating group) is 3. The largest absolute Gasteiger partial charge is 0.491 e. The number of aliphatic imine (C=N–C) groups is 1. The van der Waals surface area contributed by atoms with E-state index in [4.69, 9.17) is 57.9 Å². The van der Waals surface area contributed by atoms with E-state index in [2.05, 4.69) is 61.1 Å². The van der Waals surface area contributed by atoms with Gasteiger partial charge in [0.15, 0.2) is 17.5 Å². The number of nitrogens with zero attached hydrogens (tertiary/aromatic N) is 9. The molecule has 26 nitrogen and oxygen atoms in total. The Morgan fingerprint density at radius 1 is 0.540 bits per heavy atom. The fourth-order valence-electron chi connectivity index (χ4n) is 12.6. The molecule has 0 saturated heterocycles. The normalized spacial score (nSPS) is 19.3. The van der Waals surface area contributed by atoms with Crippen LogP contribution in [0.25, 0.3) is 62.3 Å². The lowest BCUT2D eigenvalue weighted by molar-refractivity contribution is -0.148. The minimum atomic E-state index is -0.616. The molecule has 100 heavy (non-hydrogen) atoms. The number of allylic oxidation sites excluding steroid dienone is 1. The summed E-state index contributed by atoms with van der Waals surface area (Å²) in [6, 6.07) is 29.2. The van der Waals surface area contributed by atoms with Gasteiger partial charge in [0.2, 0.25) is 0 Å². The molecule has 532 valence electrons. The second-order valence-electron chi connectivity index (χ2n) is 26.3. The van der Waals surface area contributed by atoms with Gasteiger partial charge in [-0.25, -0.2) is 29.9 Å². The lowest BCUT2D eigenvalue weighted by Crippen LogP contribution is -2.40. The number of benzene rings is 3. The molecule has 0 bridgehead atoms. The molecule has 26 heteroatoms. The highest BCUT2D eigenvalue weighted by molar-refractivity contribution is 6.24. The van der Waals surface area contributed by atoms with Crippen LogP contribution >= 0.6 is 0 Å². The number of hydrogen-bond donors (Lipinski definition) is 10. The Labute approximate surface area is 583 Å². The first-order valence-corrected chi connectivity index (χ1v) is 34.2. The van der Waals surface area contributed by atoms with Gasteiger partial charge in [0.25, 0.3) is 0 Å². The first-order chi connectivity index (χ1) is 48.2. The summed E-state index contributed by atoms with van der Waals surface area (Å²) in [5.41, 5.74) is 11.2. The van der Waals surface area contributed by atoms with Crippen molar-refractivity contribution in [1.82, 2.24) is 56.2 Å². The molecular weight excluding hydrogens is 1270 g/mol. The highest BCUT2D eigenvalue weighted by Crippen LogP contribution is 2.37. The van der Waals surface area contributed by atoms with Gasteiger partial charge in [0, 0.05) is 83.9 Å². The van der Waals surface area contributed by atoms with Crippen molar-refractivity contribution in [1.29, 1.82) is 0 Å². The number of aromatic nitrogens is 8. The average Bonchev–Trinajstić information content (AvgIpc) is 1.40. The van der Waals surface area contributed by atoms with Crippen molar-refractivity contribution in [3.8, 4) is 73.9 Å². The summed E-state index contributed by atoms with van der Waals surface area (Å²) in [5.74, 6) is 7.66. The van der Waals surface area contributed by atoms with Crippen molar-refractivity contribution >= 4 is 34.7 Å². The van der Waals surface area contributed by atoms with Gasteiger partial charge in [-0.1, -0.05) is 53.6 Å². The summed E-state index contributed by atoms with van der Waals surface area (Å²) in [7, 11) is 6.77. The molecular formula is C74H95N15O11.